The Hall–Kier alpha value is -2.34. The molecule has 0 N–H and O–H groups in total. The molecule has 0 aliphatic rings. The van der Waals surface area contributed by atoms with Crippen LogP contribution < -0.4 is 24.2 Å². The second-order valence-corrected chi connectivity index (χ2v) is 8.98. The number of aromatic nitrogens is 1. The average molecular weight is 418 g/mol. The van der Waals surface area contributed by atoms with Crippen LogP contribution >= 0.6 is 11.3 Å². The van der Waals surface area contributed by atoms with Gasteiger partial charge < -0.3 is 14.0 Å². The number of ketones is 1. The van der Waals surface area contributed by atoms with Crippen LogP contribution in [0.4, 0.5) is 0 Å². The fraction of sp³-hybridized carbons (Fsp3) is 0.478. The second-order valence-electron chi connectivity index (χ2n) is 7.91. The van der Waals surface area contributed by atoms with E-state index in [1.54, 1.807) is 13.1 Å². The topological polar surface area (TPSA) is 57.5 Å². The molecule has 29 heavy (non-hydrogen) atoms. The molecule has 0 aliphatic heterocycles. The van der Waals surface area contributed by atoms with Crippen molar-refractivity contribution in [3.05, 3.63) is 43.3 Å². The molecule has 6 heteroatoms. The fourth-order valence-electron chi connectivity index (χ4n) is 2.52. The Morgan fingerprint density at radius 3 is 2.52 bits per heavy atom. The van der Waals surface area contributed by atoms with E-state index in [0.29, 0.717) is 33.9 Å². The van der Waals surface area contributed by atoms with Crippen LogP contribution in [0.25, 0.3) is 12.2 Å². The van der Waals surface area contributed by atoms with Gasteiger partial charge in [0.15, 0.2) is 17.3 Å². The third-order valence-electron chi connectivity index (χ3n) is 4.38. The van der Waals surface area contributed by atoms with Crippen molar-refractivity contribution < 1.29 is 14.3 Å². The lowest BCUT2D eigenvalue weighted by Crippen LogP contribution is -2.30. The van der Waals surface area contributed by atoms with E-state index in [9.17, 15) is 9.59 Å². The van der Waals surface area contributed by atoms with Crippen LogP contribution in [0.2, 0.25) is 0 Å². The number of hydrogen-bond donors (Lipinski definition) is 0. The van der Waals surface area contributed by atoms with Gasteiger partial charge in [-0.2, -0.15) is 0 Å². The van der Waals surface area contributed by atoms with E-state index < -0.39 is 5.41 Å². The highest BCUT2D eigenvalue weighted by molar-refractivity contribution is 7.07. The van der Waals surface area contributed by atoms with Crippen LogP contribution in [0.1, 0.15) is 53.0 Å². The highest BCUT2D eigenvalue weighted by Gasteiger charge is 2.19. The van der Waals surface area contributed by atoms with E-state index in [2.05, 4.69) is 6.92 Å². The number of nitrogens with zero attached hydrogens (tertiary/aromatic N) is 1. The molecule has 0 radical (unpaired) electrons. The van der Waals surface area contributed by atoms with Crippen molar-refractivity contribution in [2.75, 3.05) is 13.2 Å². The van der Waals surface area contributed by atoms with E-state index in [-0.39, 0.29) is 11.3 Å². The fourth-order valence-corrected chi connectivity index (χ4v) is 3.55. The Morgan fingerprint density at radius 2 is 1.90 bits per heavy atom. The summed E-state index contributed by atoms with van der Waals surface area (Å²) in [5.41, 5.74) is 0.248. The summed E-state index contributed by atoms with van der Waals surface area (Å²) in [6.07, 6.45) is 5.43. The molecule has 1 aromatic carbocycles. The minimum absolute atomic E-state index is 0.00638. The number of Topliss-reactive ketones (excluding diaryl/α,β-unsaturated/α-hetero) is 1. The van der Waals surface area contributed by atoms with Crippen LogP contribution in [0.15, 0.2) is 23.0 Å². The lowest BCUT2D eigenvalue weighted by Gasteiger charge is -2.12. The van der Waals surface area contributed by atoms with Gasteiger partial charge in [0.1, 0.15) is 4.66 Å². The number of thiazole rings is 1. The summed E-state index contributed by atoms with van der Waals surface area (Å²) in [7, 11) is 1.69. The maximum Gasteiger partial charge on any atom is 0.268 e. The Kier molecular flexibility index (Phi) is 7.85. The molecule has 5 nitrogen and oxygen atoms in total. The summed E-state index contributed by atoms with van der Waals surface area (Å²) in [5, 5.41) is 0. The van der Waals surface area contributed by atoms with E-state index in [4.69, 9.17) is 9.47 Å². The largest absolute Gasteiger partial charge is 0.490 e. The van der Waals surface area contributed by atoms with Gasteiger partial charge in [-0.25, -0.2) is 0 Å². The molecular weight excluding hydrogens is 386 g/mol. The molecular formula is C23H31NO4S. The molecule has 158 valence electrons. The van der Waals surface area contributed by atoms with E-state index in [1.807, 2.05) is 52.0 Å². The average Bonchev–Trinajstić information content (AvgIpc) is 2.91. The van der Waals surface area contributed by atoms with Gasteiger partial charge in [-0.3, -0.25) is 9.59 Å². The Labute approximate surface area is 176 Å². The van der Waals surface area contributed by atoms with Gasteiger partial charge in [0.05, 0.1) is 17.7 Å². The number of carbonyl (C=O) groups excluding carboxylic acids is 1. The molecule has 0 aliphatic carbocycles. The first kappa shape index (κ1) is 22.9. The van der Waals surface area contributed by atoms with Gasteiger partial charge in [0.2, 0.25) is 0 Å². The maximum atomic E-state index is 12.6. The summed E-state index contributed by atoms with van der Waals surface area (Å²) in [6.45, 7) is 10.8. The monoisotopic (exact) mass is 417 g/mol. The number of ether oxygens (including phenoxy) is 2. The van der Waals surface area contributed by atoms with Crippen molar-refractivity contribution in [1.82, 2.24) is 4.57 Å². The lowest BCUT2D eigenvalue weighted by molar-refractivity contribution is -0.120. The minimum Gasteiger partial charge on any atom is -0.490 e. The molecule has 0 amide bonds. The first-order valence-corrected chi connectivity index (χ1v) is 10.8. The van der Waals surface area contributed by atoms with Crippen molar-refractivity contribution in [2.45, 2.75) is 47.5 Å². The van der Waals surface area contributed by atoms with Crippen LogP contribution in [0.5, 0.6) is 11.5 Å². The summed E-state index contributed by atoms with van der Waals surface area (Å²) in [4.78, 5) is 25.0. The van der Waals surface area contributed by atoms with Gasteiger partial charge in [-0.15, -0.1) is 11.3 Å². The molecule has 2 aromatic rings. The van der Waals surface area contributed by atoms with Crippen molar-refractivity contribution >= 4 is 29.3 Å². The number of unbranched alkanes of at least 4 members (excludes halogenated alkanes) is 1. The molecule has 0 spiro atoms. The smallest absolute Gasteiger partial charge is 0.268 e. The SMILES string of the molecule is CCCCOc1ccc(/C=c2\s/c(=C\C(=O)C(C)(C)C)n(C)c2=O)cc1OCC. The van der Waals surface area contributed by atoms with E-state index in [1.165, 1.54) is 15.9 Å². The first-order chi connectivity index (χ1) is 13.7. The highest BCUT2D eigenvalue weighted by Crippen LogP contribution is 2.29. The third-order valence-corrected chi connectivity index (χ3v) is 5.49. The molecule has 0 saturated heterocycles. The second kappa shape index (κ2) is 9.92. The van der Waals surface area contributed by atoms with E-state index >= 15 is 0 Å². The number of carbonyl (C=O) groups is 1. The van der Waals surface area contributed by atoms with Crippen LogP contribution in [0, 0.1) is 5.41 Å². The zero-order chi connectivity index (χ0) is 21.6. The van der Waals surface area contributed by atoms with Gasteiger partial charge in [0, 0.05) is 18.5 Å². The zero-order valence-electron chi connectivity index (χ0n) is 18.2. The standard InChI is InChI=1S/C23H31NO4S/c1-7-9-12-28-17-11-10-16(13-18(17)27-8-2)14-19-22(26)24(6)21(29-19)15-20(25)23(3,4)5/h10-11,13-15H,7-9,12H2,1-6H3/b19-14-,21-15-. The molecule has 0 atom stereocenters. The molecule has 1 aromatic heterocycles. The van der Waals surface area contributed by atoms with Gasteiger partial charge in [-0.05, 0) is 37.1 Å². The molecule has 2 rings (SSSR count). The van der Waals surface area contributed by atoms with Gasteiger partial charge >= 0.3 is 0 Å². The summed E-state index contributed by atoms with van der Waals surface area (Å²) in [6, 6.07) is 5.67. The minimum atomic E-state index is -0.482. The Morgan fingerprint density at radius 1 is 1.17 bits per heavy atom. The zero-order valence-corrected chi connectivity index (χ0v) is 19.0. The van der Waals surface area contributed by atoms with Gasteiger partial charge in [0.25, 0.3) is 5.56 Å². The summed E-state index contributed by atoms with van der Waals surface area (Å²) >= 11 is 1.31. The molecule has 0 bridgehead atoms. The number of hydrogen-bond acceptors (Lipinski definition) is 5. The molecule has 0 unspecified atom stereocenters. The first-order valence-electron chi connectivity index (χ1n) is 10.0. The Bertz CT molecular complexity index is 1020. The van der Waals surface area contributed by atoms with Crippen LogP contribution in [-0.4, -0.2) is 23.6 Å². The third kappa shape index (κ3) is 6.07. The Balaban J connectivity index is 2.45. The predicted molar refractivity (Wildman–Crippen MR) is 119 cm³/mol. The van der Waals surface area contributed by atoms with Crippen molar-refractivity contribution in [2.24, 2.45) is 12.5 Å². The molecule has 0 fully saturated rings. The van der Waals surface area contributed by atoms with E-state index in [0.717, 1.165) is 18.4 Å². The van der Waals surface area contributed by atoms with Crippen LogP contribution in [-0.2, 0) is 11.8 Å². The van der Waals surface area contributed by atoms with Crippen molar-refractivity contribution in [1.29, 1.82) is 0 Å². The number of rotatable bonds is 8. The van der Waals surface area contributed by atoms with Crippen LogP contribution in [0.3, 0.4) is 0 Å². The number of benzene rings is 1. The molecule has 1 heterocycles. The highest BCUT2D eigenvalue weighted by atomic mass is 32.1. The maximum absolute atomic E-state index is 12.6. The van der Waals surface area contributed by atoms with Crippen molar-refractivity contribution in [3.8, 4) is 11.5 Å². The van der Waals surface area contributed by atoms with Crippen molar-refractivity contribution in [3.63, 3.8) is 0 Å². The van der Waals surface area contributed by atoms with Gasteiger partial charge in [-0.1, -0.05) is 40.2 Å². The summed E-state index contributed by atoms with van der Waals surface area (Å²) < 4.78 is 14.3. The lowest BCUT2D eigenvalue weighted by atomic mass is 9.91. The summed E-state index contributed by atoms with van der Waals surface area (Å²) in [5.74, 6) is 1.37. The predicted octanol–water partition coefficient (Wildman–Crippen LogP) is 3.25. The quantitative estimate of drug-likeness (QED) is 0.619. The molecule has 0 saturated carbocycles. The normalized spacial score (nSPS) is 13.0.